The molecule has 1 aromatic rings. The van der Waals surface area contributed by atoms with Crippen LogP contribution in [0.5, 0.6) is 0 Å². The van der Waals surface area contributed by atoms with E-state index in [0.29, 0.717) is 0 Å². The van der Waals surface area contributed by atoms with Crippen LogP contribution in [0.4, 0.5) is 0 Å². The molecule has 0 unspecified atom stereocenters. The van der Waals surface area contributed by atoms with E-state index in [9.17, 15) is 0 Å². The fourth-order valence-corrected chi connectivity index (χ4v) is 2.38. The van der Waals surface area contributed by atoms with Gasteiger partial charge >= 0.3 is 0 Å². The van der Waals surface area contributed by atoms with Gasteiger partial charge in [0.15, 0.2) is 0 Å². The van der Waals surface area contributed by atoms with Crippen LogP contribution in [0.2, 0.25) is 0 Å². The molecule has 0 bridgehead atoms. The SMILES string of the molecule is CCc1ccc(CNCCCN2CCOCC2)cc1.Cl.Cl. The van der Waals surface area contributed by atoms with E-state index < -0.39 is 0 Å². The minimum Gasteiger partial charge on any atom is -0.379 e. The first kappa shape index (κ1) is 20.7. The maximum Gasteiger partial charge on any atom is 0.0594 e. The molecule has 2 rings (SSSR count). The molecule has 0 atom stereocenters. The summed E-state index contributed by atoms with van der Waals surface area (Å²) in [6.07, 6.45) is 2.33. The van der Waals surface area contributed by atoms with Crippen molar-refractivity contribution in [1.82, 2.24) is 10.2 Å². The number of aryl methyl sites for hydroxylation is 1. The van der Waals surface area contributed by atoms with E-state index in [-0.39, 0.29) is 24.8 Å². The molecule has 1 heterocycles. The molecule has 1 aliphatic rings. The van der Waals surface area contributed by atoms with Gasteiger partial charge in [0.2, 0.25) is 0 Å². The summed E-state index contributed by atoms with van der Waals surface area (Å²) in [7, 11) is 0. The Kier molecular flexibility index (Phi) is 12.1. The maximum absolute atomic E-state index is 5.35. The number of hydrogen-bond acceptors (Lipinski definition) is 3. The molecule has 1 aromatic carbocycles. The molecule has 21 heavy (non-hydrogen) atoms. The van der Waals surface area contributed by atoms with Crippen molar-refractivity contribution in [2.45, 2.75) is 26.3 Å². The van der Waals surface area contributed by atoms with E-state index in [1.54, 1.807) is 0 Å². The highest BCUT2D eigenvalue weighted by molar-refractivity contribution is 5.85. The van der Waals surface area contributed by atoms with E-state index in [4.69, 9.17) is 4.74 Å². The molecule has 1 fully saturated rings. The Morgan fingerprint density at radius 3 is 2.29 bits per heavy atom. The third kappa shape index (κ3) is 8.03. The first-order valence-corrected chi connectivity index (χ1v) is 7.47. The fraction of sp³-hybridized carbons (Fsp3) is 0.625. The smallest absolute Gasteiger partial charge is 0.0594 e. The van der Waals surface area contributed by atoms with Gasteiger partial charge in [-0.05, 0) is 37.1 Å². The molecule has 3 nitrogen and oxygen atoms in total. The summed E-state index contributed by atoms with van der Waals surface area (Å²) in [4.78, 5) is 2.49. The van der Waals surface area contributed by atoms with Gasteiger partial charge in [-0.15, -0.1) is 24.8 Å². The molecule has 5 heteroatoms. The van der Waals surface area contributed by atoms with Crippen molar-refractivity contribution < 1.29 is 4.74 Å². The first-order valence-electron chi connectivity index (χ1n) is 7.47. The van der Waals surface area contributed by atoms with Gasteiger partial charge in [-0.1, -0.05) is 31.2 Å². The van der Waals surface area contributed by atoms with E-state index in [1.807, 2.05) is 0 Å². The van der Waals surface area contributed by atoms with Gasteiger partial charge in [-0.2, -0.15) is 0 Å². The summed E-state index contributed by atoms with van der Waals surface area (Å²) in [5.41, 5.74) is 2.79. The average Bonchev–Trinajstić information content (AvgIpc) is 2.49. The van der Waals surface area contributed by atoms with E-state index in [2.05, 4.69) is 41.4 Å². The van der Waals surface area contributed by atoms with Crippen LogP contribution in [0.3, 0.4) is 0 Å². The number of benzene rings is 1. The molecule has 1 N–H and O–H groups in total. The Balaban J connectivity index is 0.00000200. The Hall–Kier alpha value is -0.320. The van der Waals surface area contributed by atoms with Crippen LogP contribution in [0.25, 0.3) is 0 Å². The standard InChI is InChI=1S/C16H26N2O.2ClH/c1-2-15-4-6-16(7-5-15)14-17-8-3-9-18-10-12-19-13-11-18;;/h4-7,17H,2-3,8-14H2,1H3;2*1H. The van der Waals surface area contributed by atoms with Crippen LogP contribution in [-0.2, 0) is 17.7 Å². The lowest BCUT2D eigenvalue weighted by Crippen LogP contribution is -2.37. The van der Waals surface area contributed by atoms with Crippen LogP contribution >= 0.6 is 24.8 Å². The zero-order valence-electron chi connectivity index (χ0n) is 12.8. The molecule has 0 radical (unpaired) electrons. The lowest BCUT2D eigenvalue weighted by atomic mass is 10.1. The number of hydrogen-bond donors (Lipinski definition) is 1. The monoisotopic (exact) mass is 334 g/mol. The number of halogens is 2. The zero-order chi connectivity index (χ0) is 13.3. The maximum atomic E-state index is 5.35. The van der Waals surface area contributed by atoms with Crippen LogP contribution in [0, 0.1) is 0 Å². The summed E-state index contributed by atoms with van der Waals surface area (Å²) in [5, 5.41) is 3.52. The molecular formula is C16H28Cl2N2O. The summed E-state index contributed by atoms with van der Waals surface area (Å²) >= 11 is 0. The highest BCUT2D eigenvalue weighted by Crippen LogP contribution is 2.04. The molecule has 0 saturated carbocycles. The molecule has 0 aliphatic carbocycles. The van der Waals surface area contributed by atoms with Crippen molar-refractivity contribution in [2.75, 3.05) is 39.4 Å². The average molecular weight is 335 g/mol. The van der Waals surface area contributed by atoms with Gasteiger partial charge in [0.25, 0.3) is 0 Å². The minimum absolute atomic E-state index is 0. The molecule has 0 aromatic heterocycles. The van der Waals surface area contributed by atoms with Crippen molar-refractivity contribution in [1.29, 1.82) is 0 Å². The van der Waals surface area contributed by atoms with Crippen LogP contribution in [0.1, 0.15) is 24.5 Å². The summed E-state index contributed by atoms with van der Waals surface area (Å²) in [6.45, 7) is 9.44. The second kappa shape index (κ2) is 12.2. The minimum atomic E-state index is 0. The summed E-state index contributed by atoms with van der Waals surface area (Å²) in [6, 6.07) is 8.91. The van der Waals surface area contributed by atoms with Crippen LogP contribution in [0.15, 0.2) is 24.3 Å². The van der Waals surface area contributed by atoms with Crippen LogP contribution in [-0.4, -0.2) is 44.3 Å². The third-order valence-corrected chi connectivity index (χ3v) is 3.69. The van der Waals surface area contributed by atoms with Crippen molar-refractivity contribution in [3.63, 3.8) is 0 Å². The van der Waals surface area contributed by atoms with Crippen molar-refractivity contribution in [3.05, 3.63) is 35.4 Å². The van der Waals surface area contributed by atoms with Gasteiger partial charge in [-0.25, -0.2) is 0 Å². The molecule has 1 saturated heterocycles. The number of morpholine rings is 1. The van der Waals surface area contributed by atoms with Crippen LogP contribution < -0.4 is 5.32 Å². The van der Waals surface area contributed by atoms with Gasteiger partial charge in [0.05, 0.1) is 13.2 Å². The number of nitrogens with one attached hydrogen (secondary N) is 1. The van der Waals surface area contributed by atoms with Gasteiger partial charge in [0.1, 0.15) is 0 Å². The number of rotatable bonds is 7. The normalized spacial score (nSPS) is 15.1. The Bertz CT molecular complexity index is 354. The molecule has 1 aliphatic heterocycles. The molecule has 122 valence electrons. The second-order valence-electron chi connectivity index (χ2n) is 5.15. The topological polar surface area (TPSA) is 24.5 Å². The lowest BCUT2D eigenvalue weighted by Gasteiger charge is -2.26. The summed E-state index contributed by atoms with van der Waals surface area (Å²) in [5.74, 6) is 0. The van der Waals surface area contributed by atoms with Gasteiger partial charge in [-0.3, -0.25) is 4.90 Å². The van der Waals surface area contributed by atoms with E-state index in [1.165, 1.54) is 24.1 Å². The number of nitrogens with zero attached hydrogens (tertiary/aromatic N) is 1. The second-order valence-corrected chi connectivity index (χ2v) is 5.15. The Morgan fingerprint density at radius 2 is 1.67 bits per heavy atom. The van der Waals surface area contributed by atoms with Crippen molar-refractivity contribution >= 4 is 24.8 Å². The third-order valence-electron chi connectivity index (χ3n) is 3.69. The number of ether oxygens (including phenoxy) is 1. The molecular weight excluding hydrogens is 307 g/mol. The van der Waals surface area contributed by atoms with E-state index in [0.717, 1.165) is 45.8 Å². The Morgan fingerprint density at radius 1 is 1.05 bits per heavy atom. The molecule has 0 spiro atoms. The molecule has 0 amide bonds. The first-order chi connectivity index (χ1) is 9.38. The van der Waals surface area contributed by atoms with E-state index >= 15 is 0 Å². The predicted octanol–water partition coefficient (Wildman–Crippen LogP) is 2.90. The quantitative estimate of drug-likeness (QED) is 0.776. The highest BCUT2D eigenvalue weighted by Gasteiger charge is 2.08. The lowest BCUT2D eigenvalue weighted by molar-refractivity contribution is 0.0374. The largest absolute Gasteiger partial charge is 0.379 e. The summed E-state index contributed by atoms with van der Waals surface area (Å²) < 4.78 is 5.35. The highest BCUT2D eigenvalue weighted by atomic mass is 35.5. The van der Waals surface area contributed by atoms with Gasteiger partial charge in [0, 0.05) is 19.6 Å². The van der Waals surface area contributed by atoms with Gasteiger partial charge < -0.3 is 10.1 Å². The zero-order valence-corrected chi connectivity index (χ0v) is 14.5. The fourth-order valence-electron chi connectivity index (χ4n) is 2.38. The van der Waals surface area contributed by atoms with Crippen molar-refractivity contribution in [3.8, 4) is 0 Å². The predicted molar refractivity (Wildman–Crippen MR) is 93.9 cm³/mol. The van der Waals surface area contributed by atoms with Crippen molar-refractivity contribution in [2.24, 2.45) is 0 Å². The Labute approximate surface area is 141 Å².